The van der Waals surface area contributed by atoms with E-state index in [0.717, 1.165) is 29.7 Å². The molecule has 1 aromatic heterocycles. The molecule has 4 rings (SSSR count). The van der Waals surface area contributed by atoms with E-state index >= 15 is 0 Å². The van der Waals surface area contributed by atoms with Gasteiger partial charge >= 0.3 is 0 Å². The van der Waals surface area contributed by atoms with E-state index in [1.807, 2.05) is 44.2 Å². The Morgan fingerprint density at radius 1 is 1.09 bits per heavy atom. The maximum Gasteiger partial charge on any atom is 0.250 e. The van der Waals surface area contributed by atoms with Gasteiger partial charge in [-0.25, -0.2) is 8.42 Å². The largest absolute Gasteiger partial charge is 0.310 e. The number of hydrogen-bond donors (Lipinski definition) is 0. The maximum absolute atomic E-state index is 13.0. The van der Waals surface area contributed by atoms with Crippen molar-refractivity contribution in [3.63, 3.8) is 0 Å². The molecular weight excluding hydrogens is 428 g/mol. The van der Waals surface area contributed by atoms with E-state index in [-0.39, 0.29) is 17.3 Å². The van der Waals surface area contributed by atoms with Gasteiger partial charge in [0.05, 0.1) is 4.90 Å². The highest BCUT2D eigenvalue weighted by molar-refractivity contribution is 7.89. The third-order valence-corrected chi connectivity index (χ3v) is 7.62. The van der Waals surface area contributed by atoms with Gasteiger partial charge in [0.25, 0.3) is 5.91 Å². The molecule has 9 nitrogen and oxygen atoms in total. The van der Waals surface area contributed by atoms with E-state index in [2.05, 4.69) is 15.4 Å². The van der Waals surface area contributed by atoms with Crippen LogP contribution in [0.3, 0.4) is 0 Å². The average molecular weight is 455 g/mol. The molecule has 0 atom stereocenters. The van der Waals surface area contributed by atoms with Crippen molar-refractivity contribution in [3.8, 4) is 11.4 Å². The summed E-state index contributed by atoms with van der Waals surface area (Å²) in [5, 5.41) is 12.4. The normalized spacial score (nSPS) is 13.9. The molecule has 1 aliphatic heterocycles. The van der Waals surface area contributed by atoms with Crippen molar-refractivity contribution in [3.05, 3.63) is 54.1 Å². The van der Waals surface area contributed by atoms with Crippen molar-refractivity contribution >= 4 is 21.6 Å². The zero-order valence-electron chi connectivity index (χ0n) is 18.2. The number of amides is 1. The first-order chi connectivity index (χ1) is 15.4. The highest BCUT2D eigenvalue weighted by Crippen LogP contribution is 2.30. The number of fused-ring (bicyclic) bond motifs is 1. The van der Waals surface area contributed by atoms with Gasteiger partial charge in [-0.3, -0.25) is 4.79 Å². The van der Waals surface area contributed by atoms with Crippen LogP contribution in [0.25, 0.3) is 11.4 Å². The molecule has 168 valence electrons. The van der Waals surface area contributed by atoms with Crippen molar-refractivity contribution in [1.82, 2.24) is 24.5 Å². The summed E-state index contributed by atoms with van der Waals surface area (Å²) in [6, 6.07) is 14.5. The Balaban J connectivity index is 1.54. The van der Waals surface area contributed by atoms with Gasteiger partial charge < -0.3 is 4.90 Å². The van der Waals surface area contributed by atoms with Gasteiger partial charge in [-0.2, -0.15) is 9.10 Å². The van der Waals surface area contributed by atoms with Crippen LogP contribution in [0.1, 0.15) is 25.8 Å². The minimum atomic E-state index is -3.55. The summed E-state index contributed by atoms with van der Waals surface area (Å²) in [6.45, 7) is 4.99. The van der Waals surface area contributed by atoms with Crippen LogP contribution >= 0.6 is 0 Å². The second-order valence-corrected chi connectivity index (χ2v) is 9.48. The van der Waals surface area contributed by atoms with Crippen molar-refractivity contribution < 1.29 is 13.2 Å². The molecule has 1 aliphatic rings. The standard InChI is InChI=1S/C22H26N6O3S/c1-3-26(4-2)32(30,31)19-12-13-20-18(15-19)11-8-14-27(20)21(29)16-28-24-22(23-25-28)17-9-6-5-7-10-17/h5-7,9-10,12-13,15H,3-4,8,11,14,16H2,1-2H3. The van der Waals surface area contributed by atoms with Crippen LogP contribution < -0.4 is 4.90 Å². The number of anilines is 1. The van der Waals surface area contributed by atoms with E-state index in [9.17, 15) is 13.2 Å². The van der Waals surface area contributed by atoms with E-state index in [0.29, 0.717) is 25.5 Å². The predicted molar refractivity (Wildman–Crippen MR) is 120 cm³/mol. The highest BCUT2D eigenvalue weighted by Gasteiger charge is 2.27. The zero-order chi connectivity index (χ0) is 22.7. The summed E-state index contributed by atoms with van der Waals surface area (Å²) in [4.78, 5) is 16.3. The molecule has 0 radical (unpaired) electrons. The predicted octanol–water partition coefficient (Wildman–Crippen LogP) is 2.35. The molecule has 0 fully saturated rings. The Kier molecular flexibility index (Phi) is 6.33. The van der Waals surface area contributed by atoms with E-state index < -0.39 is 10.0 Å². The summed E-state index contributed by atoms with van der Waals surface area (Å²) in [6.07, 6.45) is 1.48. The van der Waals surface area contributed by atoms with Gasteiger partial charge in [0.1, 0.15) is 6.54 Å². The number of aryl methyl sites for hydroxylation is 1. The van der Waals surface area contributed by atoms with Crippen LogP contribution in [0.5, 0.6) is 0 Å². The second-order valence-electron chi connectivity index (χ2n) is 7.54. The lowest BCUT2D eigenvalue weighted by Gasteiger charge is -2.30. The monoisotopic (exact) mass is 454 g/mol. The van der Waals surface area contributed by atoms with Crippen LogP contribution in [-0.4, -0.2) is 58.5 Å². The molecule has 1 amide bonds. The molecule has 0 spiro atoms. The van der Waals surface area contributed by atoms with Crippen molar-refractivity contribution in [2.45, 2.75) is 38.1 Å². The molecule has 0 unspecified atom stereocenters. The van der Waals surface area contributed by atoms with Crippen LogP contribution in [0, 0.1) is 0 Å². The zero-order valence-corrected chi connectivity index (χ0v) is 19.0. The second kappa shape index (κ2) is 9.17. The van der Waals surface area contributed by atoms with Gasteiger partial charge in [0.2, 0.25) is 15.8 Å². The number of benzene rings is 2. The fourth-order valence-electron chi connectivity index (χ4n) is 3.92. The molecule has 0 saturated heterocycles. The van der Waals surface area contributed by atoms with E-state index in [4.69, 9.17) is 0 Å². The number of carbonyl (C=O) groups is 1. The first-order valence-corrected chi connectivity index (χ1v) is 12.1. The van der Waals surface area contributed by atoms with Gasteiger partial charge in [-0.05, 0) is 41.8 Å². The molecule has 0 saturated carbocycles. The molecule has 2 heterocycles. The SMILES string of the molecule is CCN(CC)S(=O)(=O)c1ccc2c(c1)CCCN2C(=O)Cn1nnc(-c2ccccc2)n1. The fourth-order valence-corrected chi connectivity index (χ4v) is 5.43. The Bertz CT molecular complexity index is 1210. The summed E-state index contributed by atoms with van der Waals surface area (Å²) in [5.41, 5.74) is 2.42. The minimum Gasteiger partial charge on any atom is -0.310 e. The van der Waals surface area contributed by atoms with Crippen LogP contribution in [0.15, 0.2) is 53.4 Å². The van der Waals surface area contributed by atoms with Gasteiger partial charge in [0, 0.05) is 30.9 Å². The van der Waals surface area contributed by atoms with Gasteiger partial charge in [-0.1, -0.05) is 44.2 Å². The number of tetrazole rings is 1. The number of rotatable bonds is 7. The van der Waals surface area contributed by atoms with Crippen LogP contribution in [-0.2, 0) is 27.8 Å². The average Bonchev–Trinajstić information content (AvgIpc) is 3.28. The molecule has 0 bridgehead atoms. The van der Waals surface area contributed by atoms with E-state index in [1.165, 1.54) is 9.10 Å². The lowest BCUT2D eigenvalue weighted by molar-refractivity contribution is -0.119. The Labute approximate surface area is 187 Å². The summed E-state index contributed by atoms with van der Waals surface area (Å²) in [7, 11) is -3.55. The number of aromatic nitrogens is 4. The smallest absolute Gasteiger partial charge is 0.250 e. The molecule has 3 aromatic rings. The number of carbonyl (C=O) groups excluding carboxylic acids is 1. The molecule has 32 heavy (non-hydrogen) atoms. The number of nitrogens with zero attached hydrogens (tertiary/aromatic N) is 6. The number of hydrogen-bond acceptors (Lipinski definition) is 6. The van der Waals surface area contributed by atoms with Crippen molar-refractivity contribution in [1.29, 1.82) is 0 Å². The lowest BCUT2D eigenvalue weighted by Crippen LogP contribution is -2.38. The topological polar surface area (TPSA) is 101 Å². The third kappa shape index (κ3) is 4.28. The molecule has 0 aliphatic carbocycles. The maximum atomic E-state index is 13.0. The van der Waals surface area contributed by atoms with Gasteiger partial charge in [0.15, 0.2) is 0 Å². The lowest BCUT2D eigenvalue weighted by atomic mass is 10.0. The summed E-state index contributed by atoms with van der Waals surface area (Å²) < 4.78 is 27.2. The van der Waals surface area contributed by atoms with Gasteiger partial charge in [-0.15, -0.1) is 10.2 Å². The fraction of sp³-hybridized carbons (Fsp3) is 0.364. The minimum absolute atomic E-state index is 0.0429. The Morgan fingerprint density at radius 2 is 1.84 bits per heavy atom. The first kappa shape index (κ1) is 22.1. The van der Waals surface area contributed by atoms with Crippen molar-refractivity contribution in [2.24, 2.45) is 0 Å². The molecule has 10 heteroatoms. The quantitative estimate of drug-likeness (QED) is 0.543. The highest BCUT2D eigenvalue weighted by atomic mass is 32.2. The summed E-state index contributed by atoms with van der Waals surface area (Å²) in [5.74, 6) is 0.297. The Morgan fingerprint density at radius 3 is 2.56 bits per heavy atom. The third-order valence-electron chi connectivity index (χ3n) is 5.58. The Hall–Kier alpha value is -3.11. The van der Waals surface area contributed by atoms with Crippen molar-refractivity contribution in [2.75, 3.05) is 24.5 Å². The van der Waals surface area contributed by atoms with Crippen LogP contribution in [0.4, 0.5) is 5.69 Å². The number of sulfonamides is 1. The van der Waals surface area contributed by atoms with Crippen LogP contribution in [0.2, 0.25) is 0 Å². The first-order valence-electron chi connectivity index (χ1n) is 10.7. The molecular formula is C22H26N6O3S. The molecule has 2 aromatic carbocycles. The summed E-state index contributed by atoms with van der Waals surface area (Å²) >= 11 is 0. The van der Waals surface area contributed by atoms with E-state index in [1.54, 1.807) is 23.1 Å². The molecule has 0 N–H and O–H groups in total.